The number of carbonyl (C=O) groups excluding carboxylic acids is 1. The summed E-state index contributed by atoms with van der Waals surface area (Å²) in [5.74, 6) is -0.0339. The van der Waals surface area contributed by atoms with Crippen molar-refractivity contribution in [1.29, 1.82) is 0 Å². The Morgan fingerprint density at radius 1 is 1.20 bits per heavy atom. The van der Waals surface area contributed by atoms with E-state index in [1.165, 1.54) is 29.1 Å². The Morgan fingerprint density at radius 3 is 2.83 bits per heavy atom. The van der Waals surface area contributed by atoms with Gasteiger partial charge in [-0.25, -0.2) is 4.39 Å². The molecule has 0 atom stereocenters. The van der Waals surface area contributed by atoms with Crippen molar-refractivity contribution in [1.82, 2.24) is 19.6 Å². The van der Waals surface area contributed by atoms with Crippen LogP contribution in [-0.4, -0.2) is 30.4 Å². The Hall–Kier alpha value is -4.28. The average Bonchev–Trinajstić information content (AvgIpc) is 3.44. The van der Waals surface area contributed by atoms with Gasteiger partial charge in [0.25, 0.3) is 5.91 Å². The van der Waals surface area contributed by atoms with Gasteiger partial charge in [-0.1, -0.05) is 12.1 Å². The molecule has 0 aliphatic carbocycles. The predicted octanol–water partition coefficient (Wildman–Crippen LogP) is 3.07. The second-order valence-electron chi connectivity index (χ2n) is 6.40. The highest BCUT2D eigenvalue weighted by molar-refractivity contribution is 6.01. The monoisotopic (exact) mass is 410 g/mol. The number of furan rings is 1. The van der Waals surface area contributed by atoms with Gasteiger partial charge in [0.15, 0.2) is 11.6 Å². The number of amides is 1. The number of nitrogens with one attached hydrogen (secondary N) is 1. The Balaban J connectivity index is 1.37. The van der Waals surface area contributed by atoms with Crippen molar-refractivity contribution in [3.63, 3.8) is 0 Å². The van der Waals surface area contributed by atoms with Gasteiger partial charge in [0.1, 0.15) is 24.0 Å². The van der Waals surface area contributed by atoms with E-state index in [1.54, 1.807) is 35.1 Å². The fourth-order valence-corrected chi connectivity index (χ4v) is 2.79. The average molecular weight is 410 g/mol. The van der Waals surface area contributed by atoms with E-state index < -0.39 is 10.8 Å². The lowest BCUT2D eigenvalue weighted by molar-refractivity contribution is -0.385. The Morgan fingerprint density at radius 2 is 2.07 bits per heavy atom. The van der Waals surface area contributed by atoms with Gasteiger partial charge in [-0.15, -0.1) is 0 Å². The van der Waals surface area contributed by atoms with E-state index in [9.17, 15) is 19.3 Å². The van der Waals surface area contributed by atoms with E-state index in [0.717, 1.165) is 11.8 Å². The number of rotatable bonds is 7. The van der Waals surface area contributed by atoms with Crippen LogP contribution >= 0.6 is 0 Å². The molecule has 0 spiro atoms. The molecule has 0 radical (unpaired) electrons. The van der Waals surface area contributed by atoms with Crippen molar-refractivity contribution in [3.05, 3.63) is 94.1 Å². The van der Waals surface area contributed by atoms with Crippen LogP contribution in [0.25, 0.3) is 0 Å². The Labute approximate surface area is 168 Å². The Kier molecular flexibility index (Phi) is 5.08. The lowest BCUT2D eigenvalue weighted by Gasteiger charge is -2.02. The van der Waals surface area contributed by atoms with Gasteiger partial charge in [-0.2, -0.15) is 10.2 Å². The molecule has 0 bridgehead atoms. The van der Waals surface area contributed by atoms with Crippen LogP contribution in [0.3, 0.4) is 0 Å². The summed E-state index contributed by atoms with van der Waals surface area (Å²) < 4.78 is 21.7. The third-order valence-electron chi connectivity index (χ3n) is 4.15. The van der Waals surface area contributed by atoms with E-state index in [0.29, 0.717) is 18.1 Å². The minimum Gasteiger partial charge on any atom is -0.454 e. The molecule has 1 aromatic carbocycles. The van der Waals surface area contributed by atoms with Crippen LogP contribution in [0.1, 0.15) is 21.9 Å². The van der Waals surface area contributed by atoms with Crippen molar-refractivity contribution < 1.29 is 18.5 Å². The van der Waals surface area contributed by atoms with Gasteiger partial charge in [-0.3, -0.25) is 24.3 Å². The highest BCUT2D eigenvalue weighted by atomic mass is 19.1. The lowest BCUT2D eigenvalue weighted by atomic mass is 10.2. The van der Waals surface area contributed by atoms with E-state index in [-0.39, 0.29) is 23.8 Å². The molecule has 1 N–H and O–H groups in total. The number of hydrogen-bond donors (Lipinski definition) is 1. The summed E-state index contributed by atoms with van der Waals surface area (Å²) in [5, 5.41) is 21.4. The van der Waals surface area contributed by atoms with Crippen LogP contribution < -0.4 is 5.32 Å². The van der Waals surface area contributed by atoms with E-state index in [2.05, 4.69) is 15.5 Å². The molecule has 3 aromatic heterocycles. The molecule has 1 amide bonds. The minimum absolute atomic E-state index is 0.0614. The zero-order chi connectivity index (χ0) is 21.1. The van der Waals surface area contributed by atoms with Crippen LogP contribution in [-0.2, 0) is 13.1 Å². The van der Waals surface area contributed by atoms with Gasteiger partial charge in [-0.05, 0) is 29.8 Å². The number of hydrogen-bond acceptors (Lipinski definition) is 6. The first kappa shape index (κ1) is 19.1. The third kappa shape index (κ3) is 4.41. The SMILES string of the molecule is O=C(Nc1ccn(Cc2cccc(F)c2)n1)c1ccc(Cn2cc([N+](=O)[O-])cn2)o1. The van der Waals surface area contributed by atoms with E-state index >= 15 is 0 Å². The van der Waals surface area contributed by atoms with Crippen molar-refractivity contribution in [2.24, 2.45) is 0 Å². The first-order valence-corrected chi connectivity index (χ1v) is 8.81. The van der Waals surface area contributed by atoms with Crippen molar-refractivity contribution in [2.75, 3.05) is 5.32 Å². The largest absolute Gasteiger partial charge is 0.454 e. The molecule has 4 rings (SSSR count). The predicted molar refractivity (Wildman–Crippen MR) is 102 cm³/mol. The van der Waals surface area contributed by atoms with E-state index in [1.807, 2.05) is 0 Å². The summed E-state index contributed by atoms with van der Waals surface area (Å²) in [6.07, 6.45) is 4.07. The number of nitrogens with zero attached hydrogens (tertiary/aromatic N) is 5. The van der Waals surface area contributed by atoms with Crippen molar-refractivity contribution in [2.45, 2.75) is 13.1 Å². The maximum absolute atomic E-state index is 13.3. The highest BCUT2D eigenvalue weighted by Gasteiger charge is 2.15. The lowest BCUT2D eigenvalue weighted by Crippen LogP contribution is -2.12. The molecule has 4 aromatic rings. The molecule has 152 valence electrons. The first-order chi connectivity index (χ1) is 14.5. The summed E-state index contributed by atoms with van der Waals surface area (Å²) in [6, 6.07) is 10.9. The molecule has 0 fully saturated rings. The van der Waals surface area contributed by atoms with Crippen LogP contribution in [0.15, 0.2) is 65.5 Å². The molecule has 0 unspecified atom stereocenters. The van der Waals surface area contributed by atoms with Gasteiger partial charge >= 0.3 is 5.69 Å². The standard InChI is InChI=1S/C19H15FN6O4/c20-14-3-1-2-13(8-14)10-24-7-6-18(23-24)22-19(27)17-5-4-16(30-17)12-25-11-15(9-21-25)26(28)29/h1-9,11H,10,12H2,(H,22,23,27). The molecule has 0 aliphatic heterocycles. The second-order valence-corrected chi connectivity index (χ2v) is 6.40. The fourth-order valence-electron chi connectivity index (χ4n) is 2.79. The highest BCUT2D eigenvalue weighted by Crippen LogP contribution is 2.15. The van der Waals surface area contributed by atoms with Gasteiger partial charge in [0.05, 0.1) is 18.0 Å². The number of nitro groups is 1. The molecular weight excluding hydrogens is 395 g/mol. The smallest absolute Gasteiger partial charge is 0.307 e. The molecule has 30 heavy (non-hydrogen) atoms. The van der Waals surface area contributed by atoms with Crippen molar-refractivity contribution >= 4 is 17.4 Å². The topological polar surface area (TPSA) is 121 Å². The summed E-state index contributed by atoms with van der Waals surface area (Å²) in [7, 11) is 0. The molecule has 0 saturated heterocycles. The molecule has 11 heteroatoms. The summed E-state index contributed by atoms with van der Waals surface area (Å²) in [5.41, 5.74) is 0.610. The number of halogens is 1. The van der Waals surface area contributed by atoms with Crippen LogP contribution in [0.5, 0.6) is 0 Å². The zero-order valence-corrected chi connectivity index (χ0v) is 15.4. The summed E-state index contributed by atoms with van der Waals surface area (Å²) in [4.78, 5) is 22.5. The first-order valence-electron chi connectivity index (χ1n) is 8.81. The number of benzene rings is 1. The van der Waals surface area contributed by atoms with E-state index in [4.69, 9.17) is 4.42 Å². The van der Waals surface area contributed by atoms with Crippen LogP contribution in [0.4, 0.5) is 15.9 Å². The summed E-state index contributed by atoms with van der Waals surface area (Å²) >= 11 is 0. The molecule has 0 saturated carbocycles. The zero-order valence-electron chi connectivity index (χ0n) is 15.4. The molecule has 3 heterocycles. The van der Waals surface area contributed by atoms with Gasteiger partial charge in [0.2, 0.25) is 0 Å². The van der Waals surface area contributed by atoms with Crippen LogP contribution in [0.2, 0.25) is 0 Å². The molecule has 10 nitrogen and oxygen atoms in total. The maximum atomic E-state index is 13.3. The number of carbonyl (C=O) groups is 1. The van der Waals surface area contributed by atoms with Crippen molar-refractivity contribution in [3.8, 4) is 0 Å². The molecular formula is C19H15FN6O4. The minimum atomic E-state index is -0.544. The normalized spacial score (nSPS) is 10.8. The van der Waals surface area contributed by atoms with Gasteiger partial charge < -0.3 is 9.73 Å². The molecule has 0 aliphatic rings. The fraction of sp³-hybridized carbons (Fsp3) is 0.105. The van der Waals surface area contributed by atoms with Crippen LogP contribution in [0, 0.1) is 15.9 Å². The maximum Gasteiger partial charge on any atom is 0.307 e. The third-order valence-corrected chi connectivity index (χ3v) is 4.15. The Bertz CT molecular complexity index is 1210. The second kappa shape index (κ2) is 7.99. The van der Waals surface area contributed by atoms with Gasteiger partial charge in [0, 0.05) is 12.3 Å². The number of anilines is 1. The number of aromatic nitrogens is 4. The summed E-state index contributed by atoms with van der Waals surface area (Å²) in [6.45, 7) is 0.498. The quantitative estimate of drug-likeness (QED) is 0.369.